The zero-order valence-electron chi connectivity index (χ0n) is 5.36. The zero-order valence-corrected chi connectivity index (χ0v) is 5.36. The Balaban J connectivity index is 2.68. The Morgan fingerprint density at radius 3 is 2.29 bits per heavy atom. The second-order valence-electron chi connectivity index (χ2n) is 2.09. The molecule has 1 N–H and O–H groups in total. The predicted octanol–water partition coefficient (Wildman–Crippen LogP) is 1.41. The quantitative estimate of drug-likeness (QED) is 0.565. The Bertz CT molecular complexity index is 33.2. The maximum Gasteiger partial charge on any atom is 0.0190 e. The smallest absolute Gasteiger partial charge is 0.0190 e. The van der Waals surface area contributed by atoms with Gasteiger partial charge in [0.25, 0.3) is 0 Å². The first-order valence-electron chi connectivity index (χ1n) is 2.78. The van der Waals surface area contributed by atoms with Crippen molar-refractivity contribution in [3.63, 3.8) is 0 Å². The van der Waals surface area contributed by atoms with Gasteiger partial charge in [0.15, 0.2) is 0 Å². The predicted molar refractivity (Wildman–Crippen MR) is 32.8 cm³/mol. The lowest BCUT2D eigenvalue weighted by Gasteiger charge is -2.01. The molecule has 0 saturated heterocycles. The van der Waals surface area contributed by atoms with Crippen LogP contribution < -0.4 is 5.32 Å². The number of hydrogen-bond donors (Lipinski definition) is 1. The van der Waals surface area contributed by atoms with E-state index in [1.807, 2.05) is 13.5 Å². The molecular formula is C6H14N. The fraction of sp³-hybridized carbons (Fsp3) is 0.833. The van der Waals surface area contributed by atoms with Crippen molar-refractivity contribution >= 4 is 0 Å². The van der Waals surface area contributed by atoms with Gasteiger partial charge >= 0.3 is 0 Å². The molecule has 0 saturated carbocycles. The van der Waals surface area contributed by atoms with E-state index in [2.05, 4.69) is 19.2 Å². The molecule has 0 aliphatic heterocycles. The van der Waals surface area contributed by atoms with Gasteiger partial charge < -0.3 is 5.32 Å². The number of nitrogens with one attached hydrogen (secondary N) is 1. The van der Waals surface area contributed by atoms with E-state index in [0.29, 0.717) is 0 Å². The molecule has 1 nitrogen and oxygen atoms in total. The molecule has 0 aliphatic carbocycles. The Kier molecular flexibility index (Phi) is 4.10. The van der Waals surface area contributed by atoms with E-state index >= 15 is 0 Å². The molecule has 1 radical (unpaired) electrons. The molecule has 0 unspecified atom stereocenters. The fourth-order valence-electron chi connectivity index (χ4n) is 0.354. The summed E-state index contributed by atoms with van der Waals surface area (Å²) in [6, 6.07) is 0. The first-order chi connectivity index (χ1) is 3.27. The third-order valence-electron chi connectivity index (χ3n) is 0.730. The third kappa shape index (κ3) is 5.96. The van der Waals surface area contributed by atoms with Gasteiger partial charge in [-0.3, -0.25) is 0 Å². The van der Waals surface area contributed by atoms with Crippen LogP contribution in [0.25, 0.3) is 0 Å². The summed E-state index contributed by atoms with van der Waals surface area (Å²) in [4.78, 5) is 0. The molecule has 1 heteroatoms. The molecular weight excluding hydrogens is 86.1 g/mol. The van der Waals surface area contributed by atoms with Gasteiger partial charge in [0, 0.05) is 6.54 Å². The lowest BCUT2D eigenvalue weighted by Crippen LogP contribution is -2.14. The highest BCUT2D eigenvalue weighted by Gasteiger charge is 1.87. The van der Waals surface area contributed by atoms with Gasteiger partial charge in [-0.2, -0.15) is 0 Å². The topological polar surface area (TPSA) is 12.0 Å². The number of rotatable bonds is 3. The lowest BCUT2D eigenvalue weighted by atomic mass is 10.2. The summed E-state index contributed by atoms with van der Waals surface area (Å²) in [5.41, 5.74) is 0. The zero-order chi connectivity index (χ0) is 5.70. The van der Waals surface area contributed by atoms with E-state index in [9.17, 15) is 0 Å². The van der Waals surface area contributed by atoms with Crippen LogP contribution in [-0.2, 0) is 0 Å². The molecule has 0 aromatic rings. The van der Waals surface area contributed by atoms with E-state index < -0.39 is 0 Å². The van der Waals surface area contributed by atoms with Crippen LogP contribution in [0.4, 0.5) is 0 Å². The molecule has 43 valence electrons. The van der Waals surface area contributed by atoms with Crippen molar-refractivity contribution in [1.82, 2.24) is 5.32 Å². The molecule has 0 aromatic carbocycles. The van der Waals surface area contributed by atoms with Crippen molar-refractivity contribution in [1.29, 1.82) is 0 Å². The van der Waals surface area contributed by atoms with Crippen LogP contribution in [0.2, 0.25) is 0 Å². The van der Waals surface area contributed by atoms with Gasteiger partial charge in [-0.25, -0.2) is 0 Å². The number of hydrogen-bond acceptors (Lipinski definition) is 1. The largest absolute Gasteiger partial charge is 0.312 e. The molecule has 0 aliphatic rings. The summed E-state index contributed by atoms with van der Waals surface area (Å²) in [7, 11) is 0. The summed E-state index contributed by atoms with van der Waals surface area (Å²) in [6.45, 7) is 9.45. The highest BCUT2D eigenvalue weighted by molar-refractivity contribution is 4.54. The van der Waals surface area contributed by atoms with Crippen LogP contribution in [0.5, 0.6) is 0 Å². The fourth-order valence-corrected chi connectivity index (χ4v) is 0.354. The van der Waals surface area contributed by atoms with E-state index in [0.717, 1.165) is 12.5 Å². The maximum absolute atomic E-state index is 3.12. The van der Waals surface area contributed by atoms with Crippen LogP contribution in [0.3, 0.4) is 0 Å². The summed E-state index contributed by atoms with van der Waals surface area (Å²) in [5, 5.41) is 3.12. The molecule has 0 aromatic heterocycles. The van der Waals surface area contributed by atoms with Crippen molar-refractivity contribution < 1.29 is 0 Å². The monoisotopic (exact) mass is 100 g/mol. The SMILES string of the molecule is C[CH]NCC(C)C. The van der Waals surface area contributed by atoms with Crippen LogP contribution in [0.15, 0.2) is 0 Å². The summed E-state index contributed by atoms with van der Waals surface area (Å²) >= 11 is 0. The molecule has 0 rings (SSSR count). The van der Waals surface area contributed by atoms with Gasteiger partial charge in [-0.05, 0) is 19.4 Å². The molecule has 0 bridgehead atoms. The van der Waals surface area contributed by atoms with Crippen molar-refractivity contribution in [2.45, 2.75) is 20.8 Å². The van der Waals surface area contributed by atoms with Gasteiger partial charge in [0.1, 0.15) is 0 Å². The molecule has 0 spiro atoms. The Labute approximate surface area is 46.1 Å². The molecule has 0 fully saturated rings. The summed E-state index contributed by atoms with van der Waals surface area (Å²) in [6.07, 6.45) is 0. The molecule has 0 atom stereocenters. The maximum atomic E-state index is 3.12. The first kappa shape index (κ1) is 6.96. The minimum Gasteiger partial charge on any atom is -0.312 e. The van der Waals surface area contributed by atoms with Crippen molar-refractivity contribution in [2.24, 2.45) is 5.92 Å². The Morgan fingerprint density at radius 1 is 1.57 bits per heavy atom. The normalized spacial score (nSPS) is 10.3. The van der Waals surface area contributed by atoms with E-state index in [1.165, 1.54) is 0 Å². The summed E-state index contributed by atoms with van der Waals surface area (Å²) in [5.74, 6) is 0.760. The Morgan fingerprint density at radius 2 is 2.14 bits per heavy atom. The van der Waals surface area contributed by atoms with Crippen molar-refractivity contribution in [2.75, 3.05) is 6.54 Å². The van der Waals surface area contributed by atoms with Crippen LogP contribution >= 0.6 is 0 Å². The minimum absolute atomic E-state index is 0.760. The summed E-state index contributed by atoms with van der Waals surface area (Å²) < 4.78 is 0. The lowest BCUT2D eigenvalue weighted by molar-refractivity contribution is 0.593. The molecule has 0 amide bonds. The van der Waals surface area contributed by atoms with Gasteiger partial charge in [0.2, 0.25) is 0 Å². The standard InChI is InChI=1S/C6H14N/c1-4-7-5-6(2)3/h4,6-7H,5H2,1-3H3. The van der Waals surface area contributed by atoms with E-state index in [4.69, 9.17) is 0 Å². The van der Waals surface area contributed by atoms with Crippen molar-refractivity contribution in [3.05, 3.63) is 6.54 Å². The van der Waals surface area contributed by atoms with Gasteiger partial charge in [0.05, 0.1) is 0 Å². The Hall–Kier alpha value is -0.0400. The highest BCUT2D eigenvalue weighted by Crippen LogP contribution is 1.85. The van der Waals surface area contributed by atoms with Crippen LogP contribution in [-0.4, -0.2) is 6.54 Å². The van der Waals surface area contributed by atoms with Gasteiger partial charge in [-0.1, -0.05) is 13.8 Å². The van der Waals surface area contributed by atoms with Crippen molar-refractivity contribution in [3.8, 4) is 0 Å². The third-order valence-corrected chi connectivity index (χ3v) is 0.730. The average molecular weight is 100 g/mol. The van der Waals surface area contributed by atoms with Gasteiger partial charge in [-0.15, -0.1) is 0 Å². The first-order valence-corrected chi connectivity index (χ1v) is 2.78. The minimum atomic E-state index is 0.760. The second-order valence-corrected chi connectivity index (χ2v) is 2.09. The van der Waals surface area contributed by atoms with E-state index in [1.54, 1.807) is 0 Å². The molecule has 7 heavy (non-hydrogen) atoms. The second kappa shape index (κ2) is 4.13. The van der Waals surface area contributed by atoms with E-state index in [-0.39, 0.29) is 0 Å². The van der Waals surface area contributed by atoms with Crippen LogP contribution in [0, 0.1) is 12.5 Å². The van der Waals surface area contributed by atoms with Crippen LogP contribution in [0.1, 0.15) is 20.8 Å². The molecule has 0 heterocycles. The highest BCUT2D eigenvalue weighted by atomic mass is 14.8. The average Bonchev–Trinajstić information content (AvgIpc) is 1.61.